The van der Waals surface area contributed by atoms with Crippen molar-refractivity contribution in [3.63, 3.8) is 0 Å². The number of halogens is 3. The van der Waals surface area contributed by atoms with E-state index in [0.717, 1.165) is 23.9 Å². The van der Waals surface area contributed by atoms with Gasteiger partial charge in [0.2, 0.25) is 10.0 Å². The maximum atomic E-state index is 14.6. The van der Waals surface area contributed by atoms with Crippen LogP contribution in [0.3, 0.4) is 0 Å². The smallest absolute Gasteiger partial charge is 0.258 e. The van der Waals surface area contributed by atoms with Crippen LogP contribution in [0.15, 0.2) is 71.6 Å². The fourth-order valence-electron chi connectivity index (χ4n) is 3.60. The quantitative estimate of drug-likeness (QED) is 0.575. The predicted octanol–water partition coefficient (Wildman–Crippen LogP) is 4.38. The zero-order valence-electron chi connectivity index (χ0n) is 17.3. The van der Waals surface area contributed by atoms with E-state index in [4.69, 9.17) is 11.6 Å². The topological polar surface area (TPSA) is 69.7 Å². The van der Waals surface area contributed by atoms with E-state index >= 15 is 0 Å². The minimum absolute atomic E-state index is 0.222. The molecule has 3 aromatic carbocycles. The molecule has 172 valence electrons. The van der Waals surface area contributed by atoms with Crippen molar-refractivity contribution >= 4 is 38.9 Å². The molecule has 33 heavy (non-hydrogen) atoms. The Morgan fingerprint density at radius 1 is 0.879 bits per heavy atom. The summed E-state index contributed by atoms with van der Waals surface area (Å²) in [5.74, 6) is -2.51. The van der Waals surface area contributed by atoms with Crippen molar-refractivity contribution in [2.45, 2.75) is 4.90 Å². The monoisotopic (exact) mass is 491 g/mol. The molecule has 6 nitrogen and oxygen atoms in total. The lowest BCUT2D eigenvalue weighted by atomic mass is 10.2. The van der Waals surface area contributed by atoms with E-state index in [-0.39, 0.29) is 29.2 Å². The molecule has 0 aliphatic carbocycles. The van der Waals surface area contributed by atoms with Gasteiger partial charge in [-0.25, -0.2) is 17.2 Å². The third-order valence-corrected chi connectivity index (χ3v) is 7.49. The summed E-state index contributed by atoms with van der Waals surface area (Å²) in [7, 11) is -3.93. The van der Waals surface area contributed by atoms with Gasteiger partial charge in [0.05, 0.1) is 16.1 Å². The number of carbonyl (C=O) groups excluding carboxylic acids is 1. The third kappa shape index (κ3) is 5.00. The number of nitrogens with one attached hydrogen (secondary N) is 1. The van der Waals surface area contributed by atoms with E-state index in [0.29, 0.717) is 18.1 Å². The Morgan fingerprint density at radius 2 is 1.61 bits per heavy atom. The van der Waals surface area contributed by atoms with E-state index in [2.05, 4.69) is 5.32 Å². The van der Waals surface area contributed by atoms with Crippen LogP contribution in [0.25, 0.3) is 0 Å². The van der Waals surface area contributed by atoms with E-state index in [1.807, 2.05) is 23.1 Å². The molecule has 1 fully saturated rings. The molecule has 4 rings (SSSR count). The number of hydrogen-bond acceptors (Lipinski definition) is 4. The molecule has 3 aromatic rings. The van der Waals surface area contributed by atoms with Crippen LogP contribution in [0.4, 0.5) is 20.2 Å². The molecule has 0 aromatic heterocycles. The molecular weight excluding hydrogens is 472 g/mol. The van der Waals surface area contributed by atoms with Crippen LogP contribution in [0.1, 0.15) is 10.4 Å². The van der Waals surface area contributed by atoms with Gasteiger partial charge in [-0.3, -0.25) is 4.79 Å². The van der Waals surface area contributed by atoms with Crippen molar-refractivity contribution in [2.24, 2.45) is 0 Å². The van der Waals surface area contributed by atoms with Crippen molar-refractivity contribution in [1.82, 2.24) is 4.31 Å². The first-order chi connectivity index (χ1) is 15.8. The molecule has 1 saturated heterocycles. The van der Waals surface area contributed by atoms with Gasteiger partial charge in [-0.05, 0) is 48.5 Å². The Kier molecular flexibility index (Phi) is 6.64. The molecule has 1 N–H and O–H groups in total. The number of piperazine rings is 1. The summed E-state index contributed by atoms with van der Waals surface area (Å²) in [5, 5.41) is 2.87. The van der Waals surface area contributed by atoms with Gasteiger partial charge < -0.3 is 10.2 Å². The number of amides is 1. The van der Waals surface area contributed by atoms with Gasteiger partial charge in [-0.1, -0.05) is 29.8 Å². The van der Waals surface area contributed by atoms with Crippen LogP contribution in [0.5, 0.6) is 0 Å². The number of carbonyl (C=O) groups is 1. The van der Waals surface area contributed by atoms with E-state index in [9.17, 15) is 22.0 Å². The summed E-state index contributed by atoms with van der Waals surface area (Å²) in [6.07, 6.45) is 0. The molecule has 10 heteroatoms. The molecular formula is C23H20ClF2N3O3S. The van der Waals surface area contributed by atoms with Crippen molar-refractivity contribution in [1.29, 1.82) is 0 Å². The first-order valence-electron chi connectivity index (χ1n) is 10.1. The zero-order valence-corrected chi connectivity index (χ0v) is 18.9. The molecule has 0 unspecified atom stereocenters. The maximum absolute atomic E-state index is 14.6. The van der Waals surface area contributed by atoms with E-state index in [1.54, 1.807) is 6.07 Å². The van der Waals surface area contributed by atoms with Gasteiger partial charge in [0.1, 0.15) is 11.6 Å². The van der Waals surface area contributed by atoms with Gasteiger partial charge in [-0.15, -0.1) is 0 Å². The zero-order chi connectivity index (χ0) is 23.6. The Morgan fingerprint density at radius 3 is 2.27 bits per heavy atom. The number of hydrogen-bond donors (Lipinski definition) is 1. The second-order valence-corrected chi connectivity index (χ2v) is 9.82. The Bertz CT molecular complexity index is 1300. The summed E-state index contributed by atoms with van der Waals surface area (Å²) in [5.41, 5.74) is 0.416. The Hall–Kier alpha value is -3.01. The van der Waals surface area contributed by atoms with Crippen molar-refractivity contribution < 1.29 is 22.0 Å². The van der Waals surface area contributed by atoms with Crippen LogP contribution < -0.4 is 10.2 Å². The van der Waals surface area contributed by atoms with Gasteiger partial charge in [0.25, 0.3) is 5.91 Å². The lowest BCUT2D eigenvalue weighted by Gasteiger charge is -2.35. The van der Waals surface area contributed by atoms with Gasteiger partial charge in [-0.2, -0.15) is 4.31 Å². The first kappa shape index (κ1) is 23.2. The van der Waals surface area contributed by atoms with Gasteiger partial charge in [0, 0.05) is 36.9 Å². The molecule has 0 atom stereocenters. The minimum atomic E-state index is -3.93. The second kappa shape index (κ2) is 9.46. The highest BCUT2D eigenvalue weighted by molar-refractivity contribution is 7.89. The molecule has 1 aliphatic rings. The summed E-state index contributed by atoms with van der Waals surface area (Å²) in [4.78, 5) is 14.0. The van der Waals surface area contributed by atoms with Crippen molar-refractivity contribution in [3.05, 3.63) is 89.0 Å². The van der Waals surface area contributed by atoms with E-state index < -0.39 is 27.6 Å². The molecule has 0 spiro atoms. The standard InChI is InChI=1S/C23H20ClF2N3O3S/c24-16-4-3-5-17(14-16)28-10-12-29(13-11-28)33(31,32)18-8-9-22(21(26)15-18)27-23(30)19-6-1-2-7-20(19)25/h1-9,14-15H,10-13H2,(H,27,30). The van der Waals surface area contributed by atoms with Crippen LogP contribution in [0.2, 0.25) is 5.02 Å². The Labute approximate surface area is 195 Å². The molecule has 0 bridgehead atoms. The number of rotatable bonds is 5. The summed E-state index contributed by atoms with van der Waals surface area (Å²) >= 11 is 6.03. The number of nitrogens with zero attached hydrogens (tertiary/aromatic N) is 2. The number of anilines is 2. The average Bonchev–Trinajstić information content (AvgIpc) is 2.80. The fourth-order valence-corrected chi connectivity index (χ4v) is 5.22. The third-order valence-electron chi connectivity index (χ3n) is 5.36. The van der Waals surface area contributed by atoms with Crippen LogP contribution >= 0.6 is 11.6 Å². The highest BCUT2D eigenvalue weighted by Crippen LogP contribution is 2.26. The summed E-state index contributed by atoms with van der Waals surface area (Å²) < 4.78 is 55.7. The van der Waals surface area contributed by atoms with Crippen LogP contribution in [0, 0.1) is 11.6 Å². The minimum Gasteiger partial charge on any atom is -0.369 e. The molecule has 1 amide bonds. The highest BCUT2D eigenvalue weighted by atomic mass is 35.5. The molecule has 1 aliphatic heterocycles. The summed E-state index contributed by atoms with van der Waals surface area (Å²) in [6.45, 7) is 1.36. The number of benzene rings is 3. The van der Waals surface area contributed by atoms with Crippen LogP contribution in [-0.4, -0.2) is 44.8 Å². The molecule has 0 radical (unpaired) electrons. The lowest BCUT2D eigenvalue weighted by Crippen LogP contribution is -2.48. The van der Waals surface area contributed by atoms with Crippen molar-refractivity contribution in [3.8, 4) is 0 Å². The van der Waals surface area contributed by atoms with Crippen LogP contribution in [-0.2, 0) is 10.0 Å². The number of sulfonamides is 1. The van der Waals surface area contributed by atoms with E-state index in [1.165, 1.54) is 28.6 Å². The van der Waals surface area contributed by atoms with Gasteiger partial charge >= 0.3 is 0 Å². The molecule has 0 saturated carbocycles. The predicted molar refractivity (Wildman–Crippen MR) is 123 cm³/mol. The summed E-state index contributed by atoms with van der Waals surface area (Å²) in [6, 6.07) is 15.8. The SMILES string of the molecule is O=C(Nc1ccc(S(=O)(=O)N2CCN(c3cccc(Cl)c3)CC2)cc1F)c1ccccc1F. The maximum Gasteiger partial charge on any atom is 0.258 e. The molecule has 1 heterocycles. The Balaban J connectivity index is 1.46. The fraction of sp³-hybridized carbons (Fsp3) is 0.174. The van der Waals surface area contributed by atoms with Crippen molar-refractivity contribution in [2.75, 3.05) is 36.4 Å². The largest absolute Gasteiger partial charge is 0.369 e. The highest BCUT2D eigenvalue weighted by Gasteiger charge is 2.29. The first-order valence-corrected chi connectivity index (χ1v) is 11.9. The second-order valence-electron chi connectivity index (χ2n) is 7.45. The lowest BCUT2D eigenvalue weighted by molar-refractivity contribution is 0.102. The normalized spacial score (nSPS) is 14.8. The van der Waals surface area contributed by atoms with Gasteiger partial charge in [0.15, 0.2) is 0 Å². The average molecular weight is 492 g/mol.